The molecule has 5 nitrogen and oxygen atoms in total. The lowest BCUT2D eigenvalue weighted by Crippen LogP contribution is -2.54. The minimum Gasteiger partial charge on any atom is -0.352 e. The highest BCUT2D eigenvalue weighted by molar-refractivity contribution is 5.79. The van der Waals surface area contributed by atoms with E-state index in [0.717, 1.165) is 31.8 Å². The van der Waals surface area contributed by atoms with Crippen molar-refractivity contribution < 1.29 is 9.59 Å². The van der Waals surface area contributed by atoms with E-state index in [0.29, 0.717) is 19.1 Å². The van der Waals surface area contributed by atoms with Crippen molar-refractivity contribution >= 4 is 11.8 Å². The van der Waals surface area contributed by atoms with Crippen LogP contribution in [0.4, 0.5) is 0 Å². The highest BCUT2D eigenvalue weighted by atomic mass is 16.2. The van der Waals surface area contributed by atoms with E-state index in [9.17, 15) is 9.59 Å². The third kappa shape index (κ3) is 4.25. The first-order valence-electron chi connectivity index (χ1n) is 9.42. The van der Waals surface area contributed by atoms with Gasteiger partial charge in [0.05, 0.1) is 6.54 Å². The van der Waals surface area contributed by atoms with E-state index in [2.05, 4.69) is 10.2 Å². The molecular weight excluding hydrogens is 290 g/mol. The SMILES string of the molecule is CC(=O)NC1CCCN(C(=O)CN2CCCC3CCCCC32)C1. The van der Waals surface area contributed by atoms with Gasteiger partial charge in [-0.25, -0.2) is 0 Å². The molecule has 0 bridgehead atoms. The second kappa shape index (κ2) is 7.65. The summed E-state index contributed by atoms with van der Waals surface area (Å²) in [6.45, 7) is 4.73. The normalized spacial score (nSPS) is 32.2. The largest absolute Gasteiger partial charge is 0.352 e. The second-order valence-electron chi connectivity index (χ2n) is 7.60. The number of piperidine rings is 2. The Hall–Kier alpha value is -1.10. The number of carbonyl (C=O) groups is 2. The summed E-state index contributed by atoms with van der Waals surface area (Å²) in [5, 5.41) is 2.97. The van der Waals surface area contributed by atoms with E-state index >= 15 is 0 Å². The van der Waals surface area contributed by atoms with E-state index in [1.54, 1.807) is 6.92 Å². The Morgan fingerprint density at radius 3 is 2.57 bits per heavy atom. The fourth-order valence-electron chi connectivity index (χ4n) is 4.81. The highest BCUT2D eigenvalue weighted by Crippen LogP contribution is 2.35. The summed E-state index contributed by atoms with van der Waals surface area (Å²) in [7, 11) is 0. The summed E-state index contributed by atoms with van der Waals surface area (Å²) in [6.07, 6.45) is 9.87. The average Bonchev–Trinajstić information content (AvgIpc) is 2.55. The van der Waals surface area contributed by atoms with Crippen molar-refractivity contribution in [3.63, 3.8) is 0 Å². The smallest absolute Gasteiger partial charge is 0.236 e. The predicted molar refractivity (Wildman–Crippen MR) is 90.0 cm³/mol. The number of carbonyl (C=O) groups excluding carboxylic acids is 2. The first-order chi connectivity index (χ1) is 11.1. The number of hydrogen-bond acceptors (Lipinski definition) is 3. The van der Waals surface area contributed by atoms with Gasteiger partial charge >= 0.3 is 0 Å². The van der Waals surface area contributed by atoms with Crippen molar-refractivity contribution in [2.45, 2.75) is 70.4 Å². The monoisotopic (exact) mass is 321 g/mol. The van der Waals surface area contributed by atoms with Gasteiger partial charge in [-0.1, -0.05) is 12.8 Å². The molecule has 0 aromatic rings. The van der Waals surface area contributed by atoms with Gasteiger partial charge in [0.2, 0.25) is 11.8 Å². The molecular formula is C18H31N3O2. The van der Waals surface area contributed by atoms with Crippen LogP contribution in [0.2, 0.25) is 0 Å². The topological polar surface area (TPSA) is 52.7 Å². The van der Waals surface area contributed by atoms with Crippen LogP contribution in [0.1, 0.15) is 58.3 Å². The zero-order valence-electron chi connectivity index (χ0n) is 14.4. The van der Waals surface area contributed by atoms with Crippen molar-refractivity contribution in [1.29, 1.82) is 0 Å². The number of rotatable bonds is 3. The first kappa shape index (κ1) is 16.7. The van der Waals surface area contributed by atoms with Crippen LogP contribution in [0, 0.1) is 5.92 Å². The van der Waals surface area contributed by atoms with Gasteiger partial charge in [-0.2, -0.15) is 0 Å². The Bertz CT molecular complexity index is 438. The van der Waals surface area contributed by atoms with Crippen LogP contribution < -0.4 is 5.32 Å². The van der Waals surface area contributed by atoms with E-state index in [4.69, 9.17) is 0 Å². The summed E-state index contributed by atoms with van der Waals surface area (Å²) in [4.78, 5) is 28.4. The van der Waals surface area contributed by atoms with Crippen molar-refractivity contribution in [3.8, 4) is 0 Å². The quantitative estimate of drug-likeness (QED) is 0.862. The van der Waals surface area contributed by atoms with Crippen LogP contribution in [0.5, 0.6) is 0 Å². The summed E-state index contributed by atoms with van der Waals surface area (Å²) in [5.74, 6) is 1.08. The highest BCUT2D eigenvalue weighted by Gasteiger charge is 2.35. The molecule has 2 amide bonds. The Balaban J connectivity index is 1.54. The van der Waals surface area contributed by atoms with Gasteiger partial charge in [0.25, 0.3) is 0 Å². The summed E-state index contributed by atoms with van der Waals surface area (Å²) in [6, 6.07) is 0.770. The molecule has 3 aliphatic rings. The van der Waals surface area contributed by atoms with Gasteiger partial charge in [-0.3, -0.25) is 14.5 Å². The Labute approximate surface area is 139 Å². The minimum absolute atomic E-state index is 0.00498. The molecule has 2 saturated heterocycles. The Morgan fingerprint density at radius 2 is 1.74 bits per heavy atom. The molecule has 3 atom stereocenters. The summed E-state index contributed by atoms with van der Waals surface area (Å²) >= 11 is 0. The van der Waals surface area contributed by atoms with E-state index in [1.165, 1.54) is 38.5 Å². The molecule has 1 saturated carbocycles. The molecule has 2 aliphatic heterocycles. The van der Waals surface area contributed by atoms with Gasteiger partial charge in [-0.15, -0.1) is 0 Å². The minimum atomic E-state index is 0.00498. The van der Waals surface area contributed by atoms with Crippen LogP contribution in [0.15, 0.2) is 0 Å². The van der Waals surface area contributed by atoms with Crippen molar-refractivity contribution in [3.05, 3.63) is 0 Å². The number of nitrogens with zero attached hydrogens (tertiary/aromatic N) is 2. The maximum atomic E-state index is 12.7. The van der Waals surface area contributed by atoms with E-state index < -0.39 is 0 Å². The van der Waals surface area contributed by atoms with Gasteiger partial charge in [0.15, 0.2) is 0 Å². The summed E-state index contributed by atoms with van der Waals surface area (Å²) in [5.41, 5.74) is 0. The first-order valence-corrected chi connectivity index (χ1v) is 9.42. The molecule has 130 valence electrons. The zero-order chi connectivity index (χ0) is 16.2. The molecule has 5 heteroatoms. The maximum Gasteiger partial charge on any atom is 0.236 e. The van der Waals surface area contributed by atoms with Crippen LogP contribution in [-0.4, -0.2) is 59.9 Å². The molecule has 3 rings (SSSR count). The third-order valence-electron chi connectivity index (χ3n) is 5.88. The molecule has 0 aromatic heterocycles. The van der Waals surface area contributed by atoms with Crippen LogP contribution in [0.25, 0.3) is 0 Å². The van der Waals surface area contributed by atoms with Crippen LogP contribution >= 0.6 is 0 Å². The van der Waals surface area contributed by atoms with Crippen molar-refractivity contribution in [2.24, 2.45) is 5.92 Å². The molecule has 1 N–H and O–H groups in total. The number of nitrogens with one attached hydrogen (secondary N) is 1. The number of hydrogen-bond donors (Lipinski definition) is 1. The molecule has 1 aliphatic carbocycles. The van der Waals surface area contributed by atoms with Gasteiger partial charge < -0.3 is 10.2 Å². The number of likely N-dealkylation sites (tertiary alicyclic amines) is 2. The van der Waals surface area contributed by atoms with E-state index in [-0.39, 0.29) is 17.9 Å². The fourth-order valence-corrected chi connectivity index (χ4v) is 4.81. The molecule has 0 aromatic carbocycles. The van der Waals surface area contributed by atoms with Gasteiger partial charge in [0, 0.05) is 32.1 Å². The average molecular weight is 321 g/mol. The Morgan fingerprint density at radius 1 is 1.00 bits per heavy atom. The van der Waals surface area contributed by atoms with Crippen LogP contribution in [-0.2, 0) is 9.59 Å². The predicted octanol–water partition coefficient (Wildman–Crippen LogP) is 1.77. The van der Waals surface area contributed by atoms with Gasteiger partial charge in [-0.05, 0) is 51.0 Å². The molecule has 2 heterocycles. The van der Waals surface area contributed by atoms with Gasteiger partial charge in [0.1, 0.15) is 0 Å². The number of fused-ring (bicyclic) bond motifs is 1. The molecule has 3 unspecified atom stereocenters. The summed E-state index contributed by atoms with van der Waals surface area (Å²) < 4.78 is 0. The molecule has 0 radical (unpaired) electrons. The fraction of sp³-hybridized carbons (Fsp3) is 0.889. The molecule has 23 heavy (non-hydrogen) atoms. The second-order valence-corrected chi connectivity index (χ2v) is 7.60. The molecule has 0 spiro atoms. The van der Waals surface area contributed by atoms with E-state index in [1.807, 2.05) is 4.90 Å². The van der Waals surface area contributed by atoms with Crippen molar-refractivity contribution in [2.75, 3.05) is 26.2 Å². The maximum absolute atomic E-state index is 12.7. The third-order valence-corrected chi connectivity index (χ3v) is 5.88. The standard InChI is InChI=1S/C18H31N3O2/c1-14(22)19-16-8-5-11-21(12-16)18(23)13-20-10-4-7-15-6-2-3-9-17(15)20/h15-17H,2-13H2,1H3,(H,19,22). The lowest BCUT2D eigenvalue weighted by molar-refractivity contribution is -0.136. The van der Waals surface area contributed by atoms with Crippen LogP contribution in [0.3, 0.4) is 0 Å². The van der Waals surface area contributed by atoms with Crippen molar-refractivity contribution in [1.82, 2.24) is 15.1 Å². The Kier molecular flexibility index (Phi) is 5.57. The lowest BCUT2D eigenvalue weighted by atomic mass is 9.78. The molecule has 3 fully saturated rings. The number of amides is 2. The lowest BCUT2D eigenvalue weighted by Gasteiger charge is -2.44. The zero-order valence-corrected chi connectivity index (χ0v) is 14.4.